The lowest BCUT2D eigenvalue weighted by Gasteiger charge is -2.09. The van der Waals surface area contributed by atoms with E-state index in [2.05, 4.69) is 10.3 Å². The van der Waals surface area contributed by atoms with Gasteiger partial charge < -0.3 is 28.7 Å². The third kappa shape index (κ3) is 4.15. The molecule has 0 radical (unpaired) electrons. The number of carbonyl (C=O) groups is 1. The second kappa shape index (κ2) is 8.89. The van der Waals surface area contributed by atoms with Crippen molar-refractivity contribution in [1.82, 2.24) is 4.98 Å². The van der Waals surface area contributed by atoms with Crippen molar-refractivity contribution in [1.29, 1.82) is 0 Å². The molecule has 0 saturated carbocycles. The Bertz CT molecular complexity index is 1260. The van der Waals surface area contributed by atoms with E-state index in [-0.39, 0.29) is 5.91 Å². The largest absolute Gasteiger partial charge is 0.497 e. The van der Waals surface area contributed by atoms with Gasteiger partial charge in [-0.15, -0.1) is 0 Å². The average Bonchev–Trinajstić information content (AvgIpc) is 3.26. The number of nitrogens with zero attached hydrogens (tertiary/aromatic N) is 1. The van der Waals surface area contributed by atoms with Gasteiger partial charge in [0.25, 0.3) is 5.91 Å². The molecule has 1 aromatic heterocycles. The standard InChI is InChI=1S/C24H22N2O6/c1-28-17-9-15(10-18(13-17)29-2)23(27)25-16-6-8-20-19(12-16)26-24(32-20)14-5-7-21(30-3)22(11-14)31-4/h5-13H,1-4H3,(H,25,27). The first-order chi connectivity index (χ1) is 15.5. The van der Waals surface area contributed by atoms with Crippen LogP contribution in [0.2, 0.25) is 0 Å². The van der Waals surface area contributed by atoms with E-state index in [0.29, 0.717) is 51.2 Å². The predicted molar refractivity (Wildman–Crippen MR) is 120 cm³/mol. The van der Waals surface area contributed by atoms with Gasteiger partial charge in [0.15, 0.2) is 17.1 Å². The summed E-state index contributed by atoms with van der Waals surface area (Å²) in [6, 6.07) is 15.7. The molecule has 4 rings (SSSR count). The van der Waals surface area contributed by atoms with E-state index in [1.807, 2.05) is 6.07 Å². The smallest absolute Gasteiger partial charge is 0.255 e. The highest BCUT2D eigenvalue weighted by atomic mass is 16.5. The average molecular weight is 434 g/mol. The van der Waals surface area contributed by atoms with Gasteiger partial charge in [0, 0.05) is 22.9 Å². The molecule has 0 aliphatic rings. The Kier molecular flexibility index (Phi) is 5.85. The minimum atomic E-state index is -0.301. The molecule has 0 aliphatic carbocycles. The van der Waals surface area contributed by atoms with Crippen LogP contribution in [0, 0.1) is 0 Å². The number of methoxy groups -OCH3 is 4. The van der Waals surface area contributed by atoms with Gasteiger partial charge >= 0.3 is 0 Å². The number of benzene rings is 3. The molecule has 0 aliphatic heterocycles. The Morgan fingerprint density at radius 2 is 1.53 bits per heavy atom. The Hall–Kier alpha value is -4.20. The Balaban J connectivity index is 1.60. The molecular weight excluding hydrogens is 412 g/mol. The van der Waals surface area contributed by atoms with E-state index in [0.717, 1.165) is 5.56 Å². The molecule has 0 bridgehead atoms. The van der Waals surface area contributed by atoms with Crippen LogP contribution in [0.1, 0.15) is 10.4 Å². The lowest BCUT2D eigenvalue weighted by Crippen LogP contribution is -2.12. The van der Waals surface area contributed by atoms with E-state index in [4.69, 9.17) is 23.4 Å². The molecule has 8 nitrogen and oxygen atoms in total. The fraction of sp³-hybridized carbons (Fsp3) is 0.167. The summed E-state index contributed by atoms with van der Waals surface area (Å²) in [6.07, 6.45) is 0. The van der Waals surface area contributed by atoms with Crippen LogP contribution in [0.3, 0.4) is 0 Å². The van der Waals surface area contributed by atoms with Crippen molar-refractivity contribution in [2.45, 2.75) is 0 Å². The summed E-state index contributed by atoms with van der Waals surface area (Å²) in [5, 5.41) is 2.87. The number of nitrogens with one attached hydrogen (secondary N) is 1. The van der Waals surface area contributed by atoms with E-state index < -0.39 is 0 Å². The molecule has 1 N–H and O–H groups in total. The summed E-state index contributed by atoms with van der Waals surface area (Å²) < 4.78 is 27.0. The summed E-state index contributed by atoms with van der Waals surface area (Å²) in [7, 11) is 6.21. The predicted octanol–water partition coefficient (Wildman–Crippen LogP) is 4.78. The molecule has 1 heterocycles. The van der Waals surface area contributed by atoms with Crippen LogP contribution >= 0.6 is 0 Å². The van der Waals surface area contributed by atoms with Gasteiger partial charge in [0.05, 0.1) is 28.4 Å². The van der Waals surface area contributed by atoms with Crippen LogP contribution in [0.5, 0.6) is 23.0 Å². The first kappa shape index (κ1) is 21.0. The highest BCUT2D eigenvalue weighted by molar-refractivity contribution is 6.05. The van der Waals surface area contributed by atoms with Gasteiger partial charge in [0.2, 0.25) is 5.89 Å². The molecule has 0 fully saturated rings. The first-order valence-corrected chi connectivity index (χ1v) is 9.72. The third-order valence-corrected chi connectivity index (χ3v) is 4.89. The van der Waals surface area contributed by atoms with Crippen molar-refractivity contribution < 1.29 is 28.2 Å². The Morgan fingerprint density at radius 1 is 0.812 bits per heavy atom. The van der Waals surface area contributed by atoms with Crippen molar-refractivity contribution in [2.24, 2.45) is 0 Å². The molecule has 0 atom stereocenters. The van der Waals surface area contributed by atoms with Crippen molar-refractivity contribution in [3.8, 4) is 34.5 Å². The second-order valence-electron chi connectivity index (χ2n) is 6.83. The highest BCUT2D eigenvalue weighted by Gasteiger charge is 2.14. The lowest BCUT2D eigenvalue weighted by atomic mass is 10.1. The molecule has 8 heteroatoms. The number of carbonyl (C=O) groups excluding carboxylic acids is 1. The summed E-state index contributed by atoms with van der Waals surface area (Å²) in [5.41, 5.74) is 2.93. The molecule has 164 valence electrons. The Labute approximate surface area is 184 Å². The maximum Gasteiger partial charge on any atom is 0.255 e. The number of amides is 1. The molecule has 3 aromatic carbocycles. The van der Waals surface area contributed by atoms with Gasteiger partial charge in [0.1, 0.15) is 17.0 Å². The van der Waals surface area contributed by atoms with E-state index in [1.165, 1.54) is 14.2 Å². The minimum Gasteiger partial charge on any atom is -0.497 e. The van der Waals surface area contributed by atoms with Crippen molar-refractivity contribution in [3.05, 3.63) is 60.2 Å². The van der Waals surface area contributed by atoms with Gasteiger partial charge in [-0.25, -0.2) is 4.98 Å². The molecule has 0 unspecified atom stereocenters. The van der Waals surface area contributed by atoms with Crippen LogP contribution in [0.4, 0.5) is 5.69 Å². The van der Waals surface area contributed by atoms with E-state index in [9.17, 15) is 4.79 Å². The quantitative estimate of drug-likeness (QED) is 0.447. The summed E-state index contributed by atoms with van der Waals surface area (Å²) in [4.78, 5) is 17.3. The normalized spacial score (nSPS) is 10.6. The summed E-state index contributed by atoms with van der Waals surface area (Å²) >= 11 is 0. The van der Waals surface area contributed by atoms with Crippen molar-refractivity contribution in [2.75, 3.05) is 33.8 Å². The number of ether oxygens (including phenoxy) is 4. The minimum absolute atomic E-state index is 0.301. The fourth-order valence-corrected chi connectivity index (χ4v) is 3.24. The second-order valence-corrected chi connectivity index (χ2v) is 6.83. The Morgan fingerprint density at radius 3 is 2.19 bits per heavy atom. The molecule has 0 spiro atoms. The van der Waals surface area contributed by atoms with Gasteiger partial charge in [-0.05, 0) is 48.5 Å². The molecule has 32 heavy (non-hydrogen) atoms. The lowest BCUT2D eigenvalue weighted by molar-refractivity contribution is 0.102. The molecular formula is C24H22N2O6. The summed E-state index contributed by atoms with van der Waals surface area (Å²) in [6.45, 7) is 0. The SMILES string of the molecule is COc1cc(OC)cc(C(=O)Nc2ccc3oc(-c4ccc(OC)c(OC)c4)nc3c2)c1. The number of oxazole rings is 1. The van der Waals surface area contributed by atoms with Gasteiger partial charge in [-0.2, -0.15) is 0 Å². The van der Waals surface area contributed by atoms with E-state index >= 15 is 0 Å². The van der Waals surface area contributed by atoms with Crippen molar-refractivity contribution >= 4 is 22.7 Å². The molecule has 1 amide bonds. The zero-order chi connectivity index (χ0) is 22.7. The van der Waals surface area contributed by atoms with Crippen LogP contribution < -0.4 is 24.3 Å². The van der Waals surface area contributed by atoms with Gasteiger partial charge in [-0.3, -0.25) is 4.79 Å². The van der Waals surface area contributed by atoms with Crippen molar-refractivity contribution in [3.63, 3.8) is 0 Å². The fourth-order valence-electron chi connectivity index (χ4n) is 3.24. The number of hydrogen-bond acceptors (Lipinski definition) is 7. The third-order valence-electron chi connectivity index (χ3n) is 4.89. The molecule has 4 aromatic rings. The zero-order valence-corrected chi connectivity index (χ0v) is 18.1. The van der Waals surface area contributed by atoms with Crippen LogP contribution in [0.25, 0.3) is 22.6 Å². The van der Waals surface area contributed by atoms with Crippen LogP contribution in [-0.2, 0) is 0 Å². The maximum atomic E-state index is 12.8. The van der Waals surface area contributed by atoms with Crippen LogP contribution in [-0.4, -0.2) is 39.3 Å². The number of anilines is 1. The molecule has 0 saturated heterocycles. The maximum absolute atomic E-state index is 12.8. The van der Waals surface area contributed by atoms with Crippen LogP contribution in [0.15, 0.2) is 59.0 Å². The summed E-state index contributed by atoms with van der Waals surface area (Å²) in [5.74, 6) is 2.38. The monoisotopic (exact) mass is 434 g/mol. The van der Waals surface area contributed by atoms with Gasteiger partial charge in [-0.1, -0.05) is 0 Å². The topological polar surface area (TPSA) is 92.1 Å². The number of fused-ring (bicyclic) bond motifs is 1. The first-order valence-electron chi connectivity index (χ1n) is 9.72. The zero-order valence-electron chi connectivity index (χ0n) is 18.1. The highest BCUT2D eigenvalue weighted by Crippen LogP contribution is 2.33. The number of hydrogen-bond donors (Lipinski definition) is 1. The number of rotatable bonds is 7. The van der Waals surface area contributed by atoms with E-state index in [1.54, 1.807) is 62.8 Å². The number of aromatic nitrogens is 1.